The fourth-order valence-electron chi connectivity index (χ4n) is 3.79. The number of piperidine rings is 1. The van der Waals surface area contributed by atoms with Crippen molar-refractivity contribution >= 4 is 34.4 Å². The summed E-state index contributed by atoms with van der Waals surface area (Å²) in [5.41, 5.74) is 5.07. The molecule has 0 bridgehead atoms. The fraction of sp³-hybridized carbons (Fsp3) is 0.348. The number of methoxy groups -OCH3 is 1. The molecule has 1 saturated heterocycles. The largest absolute Gasteiger partial charge is 0.465 e. The third-order valence-corrected chi connectivity index (χ3v) is 5.63. The lowest BCUT2D eigenvalue weighted by molar-refractivity contribution is -0.120. The molecule has 1 unspecified atom stereocenters. The molecule has 0 saturated carbocycles. The van der Waals surface area contributed by atoms with Gasteiger partial charge in [0.1, 0.15) is 5.52 Å². The van der Waals surface area contributed by atoms with Crippen LogP contribution in [0.3, 0.4) is 0 Å². The van der Waals surface area contributed by atoms with Crippen LogP contribution in [0, 0.1) is 19.8 Å². The lowest BCUT2D eigenvalue weighted by Crippen LogP contribution is -2.40. The second-order valence-corrected chi connectivity index (χ2v) is 7.78. The molecule has 1 aliphatic heterocycles. The molecule has 0 spiro atoms. The number of hydrogen-bond acceptors (Lipinski definition) is 7. The Morgan fingerprint density at radius 1 is 1.16 bits per heavy atom. The van der Waals surface area contributed by atoms with E-state index in [0.717, 1.165) is 42.0 Å². The third-order valence-electron chi connectivity index (χ3n) is 5.63. The van der Waals surface area contributed by atoms with Crippen molar-refractivity contribution in [2.75, 3.05) is 30.4 Å². The van der Waals surface area contributed by atoms with Gasteiger partial charge >= 0.3 is 5.97 Å². The van der Waals surface area contributed by atoms with E-state index >= 15 is 0 Å². The van der Waals surface area contributed by atoms with E-state index in [2.05, 4.69) is 25.2 Å². The number of aromatic nitrogens is 3. The van der Waals surface area contributed by atoms with Crippen LogP contribution in [0.5, 0.6) is 0 Å². The van der Waals surface area contributed by atoms with Crippen LogP contribution < -0.4 is 10.2 Å². The highest BCUT2D eigenvalue weighted by molar-refractivity contribution is 5.95. The van der Waals surface area contributed by atoms with Crippen LogP contribution in [0.4, 0.5) is 11.4 Å². The molecule has 8 nitrogen and oxygen atoms in total. The number of nitrogens with zero attached hydrogens (tertiary/aromatic N) is 4. The van der Waals surface area contributed by atoms with E-state index in [-0.39, 0.29) is 11.8 Å². The van der Waals surface area contributed by atoms with E-state index in [4.69, 9.17) is 4.74 Å². The number of rotatable bonds is 4. The number of fused-ring (bicyclic) bond motifs is 1. The molecule has 3 heterocycles. The third kappa shape index (κ3) is 4.47. The van der Waals surface area contributed by atoms with Crippen molar-refractivity contribution in [2.24, 2.45) is 5.92 Å². The molecule has 1 amide bonds. The number of nitrogens with one attached hydrogen (secondary N) is 1. The van der Waals surface area contributed by atoms with Gasteiger partial charge in [-0.05, 0) is 51.0 Å². The SMILES string of the molecule is COC(=O)c1cccc(NC(=O)C2CCCN(c3cnc4nc(C)c(C)nc4c3)C2)c1. The highest BCUT2D eigenvalue weighted by atomic mass is 16.5. The smallest absolute Gasteiger partial charge is 0.337 e. The Morgan fingerprint density at radius 3 is 2.77 bits per heavy atom. The van der Waals surface area contributed by atoms with Crippen molar-refractivity contribution in [2.45, 2.75) is 26.7 Å². The van der Waals surface area contributed by atoms with Gasteiger partial charge in [-0.3, -0.25) is 4.79 Å². The molecule has 4 rings (SSSR count). The zero-order valence-electron chi connectivity index (χ0n) is 17.9. The molecule has 8 heteroatoms. The molecule has 1 aliphatic rings. The molecule has 2 aromatic heterocycles. The number of aryl methyl sites for hydroxylation is 2. The molecule has 1 fully saturated rings. The molecule has 1 atom stereocenters. The van der Waals surface area contributed by atoms with Crippen molar-refractivity contribution in [3.63, 3.8) is 0 Å². The molecule has 160 valence electrons. The molecule has 31 heavy (non-hydrogen) atoms. The van der Waals surface area contributed by atoms with Crippen molar-refractivity contribution < 1.29 is 14.3 Å². The average molecular weight is 419 g/mol. The van der Waals surface area contributed by atoms with Gasteiger partial charge in [0, 0.05) is 18.8 Å². The standard InChI is InChI=1S/C23H25N5O3/c1-14-15(2)26-21-20(25-14)11-19(12-24-21)28-9-5-7-17(13-28)22(29)27-18-8-4-6-16(10-18)23(30)31-3/h4,6,8,10-12,17H,5,7,9,13H2,1-3H3,(H,27,29). The fourth-order valence-corrected chi connectivity index (χ4v) is 3.79. The quantitative estimate of drug-likeness (QED) is 0.648. The second kappa shape index (κ2) is 8.67. The van der Waals surface area contributed by atoms with Crippen LogP contribution >= 0.6 is 0 Å². The summed E-state index contributed by atoms with van der Waals surface area (Å²) in [6.45, 7) is 5.30. The zero-order valence-corrected chi connectivity index (χ0v) is 17.9. The minimum atomic E-state index is -0.433. The maximum absolute atomic E-state index is 12.9. The van der Waals surface area contributed by atoms with E-state index in [9.17, 15) is 9.59 Å². The van der Waals surface area contributed by atoms with Gasteiger partial charge in [-0.1, -0.05) is 6.07 Å². The van der Waals surface area contributed by atoms with E-state index < -0.39 is 5.97 Å². The monoisotopic (exact) mass is 419 g/mol. The summed E-state index contributed by atoms with van der Waals surface area (Å²) in [6, 6.07) is 8.76. The minimum Gasteiger partial charge on any atom is -0.465 e. The number of carbonyl (C=O) groups is 2. The Labute approximate surface area is 180 Å². The highest BCUT2D eigenvalue weighted by Crippen LogP contribution is 2.26. The number of ether oxygens (including phenoxy) is 1. The van der Waals surface area contributed by atoms with Gasteiger partial charge in [-0.2, -0.15) is 0 Å². The number of carbonyl (C=O) groups excluding carboxylic acids is 2. The molecule has 1 N–H and O–H groups in total. The summed E-state index contributed by atoms with van der Waals surface area (Å²) >= 11 is 0. The van der Waals surface area contributed by atoms with Gasteiger partial charge in [0.05, 0.1) is 41.9 Å². The predicted molar refractivity (Wildman–Crippen MR) is 118 cm³/mol. The Bertz CT molecular complexity index is 1150. The molecular weight excluding hydrogens is 394 g/mol. The van der Waals surface area contributed by atoms with Crippen LogP contribution in [-0.2, 0) is 9.53 Å². The van der Waals surface area contributed by atoms with Crippen molar-refractivity contribution in [3.8, 4) is 0 Å². The lowest BCUT2D eigenvalue weighted by atomic mass is 9.96. The van der Waals surface area contributed by atoms with Crippen LogP contribution in [0.2, 0.25) is 0 Å². The second-order valence-electron chi connectivity index (χ2n) is 7.78. The first-order valence-corrected chi connectivity index (χ1v) is 10.3. The molecule has 0 aliphatic carbocycles. The number of esters is 1. The molecule has 1 aromatic carbocycles. The van der Waals surface area contributed by atoms with Gasteiger partial charge in [-0.15, -0.1) is 0 Å². The van der Waals surface area contributed by atoms with Gasteiger partial charge in [0.25, 0.3) is 0 Å². The highest BCUT2D eigenvalue weighted by Gasteiger charge is 2.26. The van der Waals surface area contributed by atoms with Gasteiger partial charge < -0.3 is 15.0 Å². The topological polar surface area (TPSA) is 97.3 Å². The predicted octanol–water partition coefficient (Wildman–Crippen LogP) is 3.28. The van der Waals surface area contributed by atoms with E-state index in [1.54, 1.807) is 30.5 Å². The van der Waals surface area contributed by atoms with Gasteiger partial charge in [0.15, 0.2) is 5.65 Å². The number of benzene rings is 1. The number of hydrogen-bond donors (Lipinski definition) is 1. The normalized spacial score (nSPS) is 16.2. The van der Waals surface area contributed by atoms with Crippen LogP contribution in [0.1, 0.15) is 34.6 Å². The van der Waals surface area contributed by atoms with Crippen LogP contribution in [-0.4, -0.2) is 47.0 Å². The first-order valence-electron chi connectivity index (χ1n) is 10.3. The van der Waals surface area contributed by atoms with E-state index in [1.807, 2.05) is 19.9 Å². The molecular formula is C23H25N5O3. The van der Waals surface area contributed by atoms with Crippen LogP contribution in [0.25, 0.3) is 11.2 Å². The molecule has 3 aromatic rings. The van der Waals surface area contributed by atoms with Crippen LogP contribution in [0.15, 0.2) is 36.5 Å². The summed E-state index contributed by atoms with van der Waals surface area (Å²) in [5, 5.41) is 2.93. The summed E-state index contributed by atoms with van der Waals surface area (Å²) in [5.74, 6) is -0.666. The van der Waals surface area contributed by atoms with E-state index in [0.29, 0.717) is 23.4 Å². The van der Waals surface area contributed by atoms with E-state index in [1.165, 1.54) is 7.11 Å². The maximum atomic E-state index is 12.9. The number of amides is 1. The van der Waals surface area contributed by atoms with Crippen molar-refractivity contribution in [1.82, 2.24) is 15.0 Å². The Morgan fingerprint density at radius 2 is 1.97 bits per heavy atom. The summed E-state index contributed by atoms with van der Waals surface area (Å²) in [4.78, 5) is 40.4. The van der Waals surface area contributed by atoms with Gasteiger partial charge in [0.2, 0.25) is 5.91 Å². The first kappa shape index (κ1) is 20.7. The zero-order chi connectivity index (χ0) is 22.0. The minimum absolute atomic E-state index is 0.0632. The van der Waals surface area contributed by atoms with Crippen molar-refractivity contribution in [3.05, 3.63) is 53.5 Å². The van der Waals surface area contributed by atoms with Crippen molar-refractivity contribution in [1.29, 1.82) is 0 Å². The maximum Gasteiger partial charge on any atom is 0.337 e. The number of anilines is 2. The summed E-state index contributed by atoms with van der Waals surface area (Å²) < 4.78 is 4.75. The summed E-state index contributed by atoms with van der Waals surface area (Å²) in [6.07, 6.45) is 3.50. The first-order chi connectivity index (χ1) is 14.9. The Balaban J connectivity index is 1.48. The molecule has 0 radical (unpaired) electrons. The number of pyridine rings is 1. The Hall–Kier alpha value is -3.55. The average Bonchev–Trinajstić information content (AvgIpc) is 2.79. The summed E-state index contributed by atoms with van der Waals surface area (Å²) in [7, 11) is 1.33. The lowest BCUT2D eigenvalue weighted by Gasteiger charge is -2.33. The van der Waals surface area contributed by atoms with Gasteiger partial charge in [-0.25, -0.2) is 19.7 Å². The Kier molecular flexibility index (Phi) is 5.79.